The monoisotopic (exact) mass is 192 g/mol. The summed E-state index contributed by atoms with van der Waals surface area (Å²) in [6, 6.07) is 0. The molecular weight excluding hydrogens is 172 g/mol. The van der Waals surface area contributed by atoms with Gasteiger partial charge in [-0.15, -0.1) is 0 Å². The van der Waals surface area contributed by atoms with Crippen LogP contribution in [0.2, 0.25) is 0 Å². The van der Waals surface area contributed by atoms with Crippen LogP contribution in [0.3, 0.4) is 0 Å². The van der Waals surface area contributed by atoms with Crippen LogP contribution in [0.5, 0.6) is 0 Å². The maximum atomic E-state index is 12.2. The van der Waals surface area contributed by atoms with Crippen LogP contribution >= 0.6 is 0 Å². The van der Waals surface area contributed by atoms with Crippen LogP contribution in [0.25, 0.3) is 0 Å². The quantitative estimate of drug-likeness (QED) is 0.537. The number of rotatable bonds is 0. The van der Waals surface area contributed by atoms with E-state index >= 15 is 0 Å². The Morgan fingerprint density at radius 3 is 2.36 bits per heavy atom. The highest BCUT2D eigenvalue weighted by Gasteiger charge is 2.55. The van der Waals surface area contributed by atoms with Gasteiger partial charge in [-0.3, -0.25) is 4.79 Å². The van der Waals surface area contributed by atoms with Gasteiger partial charge in [0.2, 0.25) is 0 Å². The Morgan fingerprint density at radius 1 is 1.14 bits per heavy atom. The molecule has 0 aromatic heterocycles. The van der Waals surface area contributed by atoms with Gasteiger partial charge in [-0.25, -0.2) is 0 Å². The van der Waals surface area contributed by atoms with Gasteiger partial charge in [0.05, 0.1) is 5.41 Å². The lowest BCUT2D eigenvalue weighted by atomic mass is 9.58. The van der Waals surface area contributed by atoms with E-state index in [-0.39, 0.29) is 10.8 Å². The van der Waals surface area contributed by atoms with Crippen molar-refractivity contribution in [2.75, 3.05) is 0 Å². The van der Waals surface area contributed by atoms with Gasteiger partial charge in [0.25, 0.3) is 0 Å². The summed E-state index contributed by atoms with van der Waals surface area (Å²) >= 11 is 0. The molecule has 2 aliphatic carbocycles. The smallest absolute Gasteiger partial charge is 0.143 e. The second-order valence-corrected chi connectivity index (χ2v) is 5.52. The van der Waals surface area contributed by atoms with Crippen LogP contribution in [0.1, 0.15) is 52.4 Å². The molecule has 1 nitrogen and oxygen atoms in total. The second kappa shape index (κ2) is 2.95. The first-order valence-electron chi connectivity index (χ1n) is 5.72. The first-order valence-corrected chi connectivity index (χ1v) is 5.72. The van der Waals surface area contributed by atoms with Crippen LogP contribution in [0.4, 0.5) is 0 Å². The average Bonchev–Trinajstić information content (AvgIpc) is 2.35. The molecule has 1 spiro atoms. The van der Waals surface area contributed by atoms with E-state index in [1.54, 1.807) is 0 Å². The fourth-order valence-electron chi connectivity index (χ4n) is 3.49. The van der Waals surface area contributed by atoms with Crippen molar-refractivity contribution in [2.45, 2.75) is 52.4 Å². The molecule has 14 heavy (non-hydrogen) atoms. The summed E-state index contributed by atoms with van der Waals surface area (Å²) in [6.45, 7) is 8.65. The largest absolute Gasteiger partial charge is 0.299 e. The van der Waals surface area contributed by atoms with Gasteiger partial charge < -0.3 is 0 Å². The van der Waals surface area contributed by atoms with Crippen molar-refractivity contribution in [3.63, 3.8) is 0 Å². The van der Waals surface area contributed by atoms with Gasteiger partial charge in [-0.1, -0.05) is 32.4 Å². The predicted octanol–water partition coefficient (Wildman–Crippen LogP) is 3.49. The lowest BCUT2D eigenvalue weighted by Gasteiger charge is -2.43. The molecule has 1 atom stereocenters. The topological polar surface area (TPSA) is 17.1 Å². The minimum absolute atomic E-state index is 0.148. The van der Waals surface area contributed by atoms with E-state index in [9.17, 15) is 4.79 Å². The highest BCUT2D eigenvalue weighted by Crippen LogP contribution is 2.60. The standard InChI is InChI=1S/C13H20O/c1-10-7-9-12(2,3)13(10)8-5-4-6-11(13)14/h1,4-9H2,2-3H3/t13-/m1/s1. The van der Waals surface area contributed by atoms with Crippen LogP contribution in [-0.4, -0.2) is 5.78 Å². The average molecular weight is 192 g/mol. The number of hydrogen-bond acceptors (Lipinski definition) is 1. The molecule has 0 aliphatic heterocycles. The molecule has 2 aliphatic rings. The zero-order valence-corrected chi connectivity index (χ0v) is 9.36. The van der Waals surface area contributed by atoms with Crippen LogP contribution in [-0.2, 0) is 4.79 Å². The molecule has 0 aromatic carbocycles. The Hall–Kier alpha value is -0.590. The van der Waals surface area contributed by atoms with E-state index in [0.717, 1.165) is 32.1 Å². The lowest BCUT2D eigenvalue weighted by molar-refractivity contribution is -0.134. The molecule has 0 radical (unpaired) electrons. The fourth-order valence-corrected chi connectivity index (χ4v) is 3.49. The zero-order chi connectivity index (χ0) is 10.4. The lowest BCUT2D eigenvalue weighted by Crippen LogP contribution is -2.43. The Bertz CT molecular complexity index is 288. The van der Waals surface area contributed by atoms with Crippen molar-refractivity contribution in [3.8, 4) is 0 Å². The van der Waals surface area contributed by atoms with Crippen molar-refractivity contribution in [2.24, 2.45) is 10.8 Å². The highest BCUT2D eigenvalue weighted by atomic mass is 16.1. The molecule has 0 saturated heterocycles. The Morgan fingerprint density at radius 2 is 1.86 bits per heavy atom. The number of carbonyl (C=O) groups is 1. The molecule has 2 rings (SSSR count). The van der Waals surface area contributed by atoms with E-state index in [1.807, 2.05) is 0 Å². The third-order valence-electron chi connectivity index (χ3n) is 4.49. The summed E-state index contributed by atoms with van der Waals surface area (Å²) in [5.41, 5.74) is 1.22. The summed E-state index contributed by atoms with van der Waals surface area (Å²) in [5.74, 6) is 0.469. The van der Waals surface area contributed by atoms with Gasteiger partial charge >= 0.3 is 0 Å². The molecule has 1 heteroatoms. The minimum atomic E-state index is -0.148. The van der Waals surface area contributed by atoms with Crippen molar-refractivity contribution in [1.29, 1.82) is 0 Å². The zero-order valence-electron chi connectivity index (χ0n) is 9.36. The van der Waals surface area contributed by atoms with E-state index in [2.05, 4.69) is 20.4 Å². The van der Waals surface area contributed by atoms with E-state index in [1.165, 1.54) is 12.0 Å². The van der Waals surface area contributed by atoms with Crippen molar-refractivity contribution < 1.29 is 4.79 Å². The van der Waals surface area contributed by atoms with Crippen molar-refractivity contribution >= 4 is 5.78 Å². The van der Waals surface area contributed by atoms with Crippen molar-refractivity contribution in [3.05, 3.63) is 12.2 Å². The van der Waals surface area contributed by atoms with E-state index in [0.29, 0.717) is 5.78 Å². The Kier molecular flexibility index (Phi) is 2.09. The number of allylic oxidation sites excluding steroid dienone is 1. The number of ketones is 1. The Balaban J connectivity index is 2.44. The minimum Gasteiger partial charge on any atom is -0.299 e. The van der Waals surface area contributed by atoms with E-state index < -0.39 is 0 Å². The molecule has 0 unspecified atom stereocenters. The van der Waals surface area contributed by atoms with Crippen LogP contribution in [0.15, 0.2) is 12.2 Å². The maximum absolute atomic E-state index is 12.2. The Labute approximate surface area is 86.6 Å². The summed E-state index contributed by atoms with van der Waals surface area (Å²) in [7, 11) is 0. The summed E-state index contributed by atoms with van der Waals surface area (Å²) < 4.78 is 0. The van der Waals surface area contributed by atoms with Gasteiger partial charge in [-0.05, 0) is 31.1 Å². The number of carbonyl (C=O) groups excluding carboxylic acids is 1. The van der Waals surface area contributed by atoms with Crippen LogP contribution < -0.4 is 0 Å². The molecule has 0 bridgehead atoms. The van der Waals surface area contributed by atoms with Crippen molar-refractivity contribution in [1.82, 2.24) is 0 Å². The number of Topliss-reactive ketones (excluding diaryl/α,β-unsaturated/α-hetero) is 1. The first kappa shape index (κ1) is 9.95. The molecule has 2 saturated carbocycles. The van der Waals surface area contributed by atoms with Crippen LogP contribution in [0, 0.1) is 10.8 Å². The normalized spacial score (nSPS) is 36.7. The second-order valence-electron chi connectivity index (χ2n) is 5.52. The summed E-state index contributed by atoms with van der Waals surface area (Å²) in [5, 5.41) is 0. The van der Waals surface area contributed by atoms with E-state index in [4.69, 9.17) is 0 Å². The third-order valence-corrected chi connectivity index (χ3v) is 4.49. The van der Waals surface area contributed by atoms with Gasteiger partial charge in [-0.2, -0.15) is 0 Å². The summed E-state index contributed by atoms with van der Waals surface area (Å²) in [6.07, 6.45) is 6.31. The fraction of sp³-hybridized carbons (Fsp3) is 0.769. The molecule has 0 N–H and O–H groups in total. The highest BCUT2D eigenvalue weighted by molar-refractivity contribution is 5.90. The summed E-state index contributed by atoms with van der Waals surface area (Å²) in [4.78, 5) is 12.2. The third kappa shape index (κ3) is 1.04. The molecule has 0 aromatic rings. The number of hydrogen-bond donors (Lipinski definition) is 0. The SMILES string of the molecule is C=C1CCC(C)(C)[C@]12CCCCC2=O. The first-order chi connectivity index (χ1) is 6.51. The molecule has 0 heterocycles. The molecule has 78 valence electrons. The predicted molar refractivity (Wildman–Crippen MR) is 58.1 cm³/mol. The maximum Gasteiger partial charge on any atom is 0.143 e. The molecule has 0 amide bonds. The van der Waals surface area contributed by atoms with Gasteiger partial charge in [0.1, 0.15) is 5.78 Å². The van der Waals surface area contributed by atoms with Gasteiger partial charge in [0.15, 0.2) is 0 Å². The molecular formula is C13H20O. The molecule has 2 fully saturated rings. The van der Waals surface area contributed by atoms with Gasteiger partial charge in [0, 0.05) is 6.42 Å².